The van der Waals surface area contributed by atoms with Gasteiger partial charge >= 0.3 is 0 Å². The van der Waals surface area contributed by atoms with Gasteiger partial charge in [-0.3, -0.25) is 0 Å². The number of nitrogens with one attached hydrogen (secondary N) is 1. The molecule has 0 aromatic heterocycles. The average molecular weight is 256 g/mol. The van der Waals surface area contributed by atoms with E-state index in [1.807, 2.05) is 0 Å². The Labute approximate surface area is 113 Å². The van der Waals surface area contributed by atoms with Crippen molar-refractivity contribution >= 4 is 0 Å². The van der Waals surface area contributed by atoms with Crippen molar-refractivity contribution in [2.24, 2.45) is 5.92 Å². The third kappa shape index (κ3) is 6.72. The summed E-state index contributed by atoms with van der Waals surface area (Å²) in [4.78, 5) is 2.49. The third-order valence-corrected chi connectivity index (χ3v) is 3.95. The lowest BCUT2D eigenvalue weighted by molar-refractivity contribution is 0.0432. The van der Waals surface area contributed by atoms with E-state index in [-0.39, 0.29) is 0 Å². The molecular weight excluding hydrogens is 224 g/mol. The van der Waals surface area contributed by atoms with Crippen molar-refractivity contribution in [3.05, 3.63) is 0 Å². The quantitative estimate of drug-likeness (QED) is 0.722. The molecule has 1 aliphatic rings. The summed E-state index contributed by atoms with van der Waals surface area (Å²) >= 11 is 0. The average Bonchev–Trinajstić information content (AvgIpc) is 2.37. The zero-order valence-corrected chi connectivity index (χ0v) is 12.7. The van der Waals surface area contributed by atoms with Gasteiger partial charge in [0, 0.05) is 38.4 Å². The normalized spacial score (nSPS) is 19.7. The van der Waals surface area contributed by atoms with Crippen LogP contribution in [-0.4, -0.2) is 50.3 Å². The third-order valence-electron chi connectivity index (χ3n) is 3.95. The van der Waals surface area contributed by atoms with Crippen molar-refractivity contribution in [2.45, 2.75) is 58.5 Å². The summed E-state index contributed by atoms with van der Waals surface area (Å²) in [6.45, 7) is 11.0. The highest BCUT2D eigenvalue weighted by Gasteiger charge is 2.17. The van der Waals surface area contributed by atoms with Crippen molar-refractivity contribution in [3.63, 3.8) is 0 Å². The van der Waals surface area contributed by atoms with E-state index < -0.39 is 0 Å². The molecule has 1 atom stereocenters. The van der Waals surface area contributed by atoms with Gasteiger partial charge in [-0.1, -0.05) is 13.8 Å². The number of hydrogen-bond donors (Lipinski definition) is 1. The maximum atomic E-state index is 5.40. The minimum absolute atomic E-state index is 0.649. The summed E-state index contributed by atoms with van der Waals surface area (Å²) < 4.78 is 5.40. The van der Waals surface area contributed by atoms with E-state index in [1.165, 1.54) is 25.7 Å². The van der Waals surface area contributed by atoms with Crippen LogP contribution in [0.1, 0.15) is 46.5 Å². The molecule has 0 aromatic carbocycles. The molecule has 0 amide bonds. The van der Waals surface area contributed by atoms with Crippen LogP contribution in [-0.2, 0) is 4.74 Å². The molecule has 0 saturated carbocycles. The lowest BCUT2D eigenvalue weighted by Gasteiger charge is -2.31. The molecule has 0 bridgehead atoms. The Morgan fingerprint density at radius 1 is 1.17 bits per heavy atom. The highest BCUT2D eigenvalue weighted by atomic mass is 16.5. The predicted molar refractivity (Wildman–Crippen MR) is 78.0 cm³/mol. The van der Waals surface area contributed by atoms with Gasteiger partial charge in [0.1, 0.15) is 0 Å². The molecule has 3 heteroatoms. The van der Waals surface area contributed by atoms with Crippen LogP contribution in [0.5, 0.6) is 0 Å². The highest BCUT2D eigenvalue weighted by Crippen LogP contribution is 2.12. The van der Waals surface area contributed by atoms with Crippen LogP contribution in [0.3, 0.4) is 0 Å². The van der Waals surface area contributed by atoms with Crippen LogP contribution in [0.25, 0.3) is 0 Å². The maximum Gasteiger partial charge on any atom is 0.0480 e. The maximum absolute atomic E-state index is 5.40. The number of ether oxygens (including phenoxy) is 1. The van der Waals surface area contributed by atoms with E-state index in [2.05, 4.69) is 38.0 Å². The molecular formula is C15H32N2O. The van der Waals surface area contributed by atoms with E-state index in [4.69, 9.17) is 4.74 Å². The Kier molecular flexibility index (Phi) is 7.87. The minimum atomic E-state index is 0.649. The monoisotopic (exact) mass is 256 g/mol. The van der Waals surface area contributed by atoms with E-state index in [9.17, 15) is 0 Å². The Bertz CT molecular complexity index is 203. The predicted octanol–water partition coefficient (Wildman–Crippen LogP) is 2.51. The lowest BCUT2D eigenvalue weighted by atomic mass is 10.0. The first-order valence-electron chi connectivity index (χ1n) is 7.61. The van der Waals surface area contributed by atoms with Gasteiger partial charge in [0.2, 0.25) is 0 Å². The second-order valence-electron chi connectivity index (χ2n) is 6.15. The molecule has 1 rings (SSSR count). The Morgan fingerprint density at radius 2 is 1.83 bits per heavy atom. The highest BCUT2D eigenvalue weighted by molar-refractivity contribution is 4.73. The molecule has 1 N–H and O–H groups in total. The Morgan fingerprint density at radius 3 is 2.44 bits per heavy atom. The van der Waals surface area contributed by atoms with E-state index in [1.54, 1.807) is 0 Å². The summed E-state index contributed by atoms with van der Waals surface area (Å²) in [5.41, 5.74) is 0. The zero-order chi connectivity index (χ0) is 13.4. The van der Waals surface area contributed by atoms with Crippen LogP contribution >= 0.6 is 0 Å². The Balaban J connectivity index is 2.05. The fourth-order valence-electron chi connectivity index (χ4n) is 2.48. The van der Waals surface area contributed by atoms with E-state index in [0.29, 0.717) is 6.04 Å². The SMILES string of the molecule is CC(C)CCC(C)NCCN(C)C1CCOCC1. The number of nitrogens with zero attached hydrogens (tertiary/aromatic N) is 1. The van der Waals surface area contributed by atoms with Gasteiger partial charge in [-0.15, -0.1) is 0 Å². The molecule has 0 aromatic rings. The largest absolute Gasteiger partial charge is 0.381 e. The van der Waals surface area contributed by atoms with Gasteiger partial charge in [0.25, 0.3) is 0 Å². The van der Waals surface area contributed by atoms with Gasteiger partial charge in [-0.05, 0) is 45.6 Å². The van der Waals surface area contributed by atoms with E-state index >= 15 is 0 Å². The molecule has 1 heterocycles. The molecule has 1 aliphatic heterocycles. The second-order valence-corrected chi connectivity index (χ2v) is 6.15. The molecule has 108 valence electrons. The van der Waals surface area contributed by atoms with Gasteiger partial charge in [0.05, 0.1) is 0 Å². The van der Waals surface area contributed by atoms with Crippen LogP contribution in [0.15, 0.2) is 0 Å². The first kappa shape index (κ1) is 15.9. The number of hydrogen-bond acceptors (Lipinski definition) is 3. The summed E-state index contributed by atoms with van der Waals surface area (Å²) in [6.07, 6.45) is 5.00. The second kappa shape index (κ2) is 8.89. The smallest absolute Gasteiger partial charge is 0.0480 e. The van der Waals surface area contributed by atoms with Crippen LogP contribution in [0.2, 0.25) is 0 Å². The molecule has 1 fully saturated rings. The van der Waals surface area contributed by atoms with E-state index in [0.717, 1.165) is 38.3 Å². The van der Waals surface area contributed by atoms with Crippen molar-refractivity contribution in [1.82, 2.24) is 10.2 Å². The zero-order valence-electron chi connectivity index (χ0n) is 12.7. The standard InChI is InChI=1S/C15H32N2O/c1-13(2)5-6-14(3)16-9-10-17(4)15-7-11-18-12-8-15/h13-16H,5-12H2,1-4H3. The summed E-state index contributed by atoms with van der Waals surface area (Å²) in [5.74, 6) is 0.819. The molecule has 1 saturated heterocycles. The molecule has 0 spiro atoms. The van der Waals surface area contributed by atoms with Crippen LogP contribution < -0.4 is 5.32 Å². The first-order chi connectivity index (χ1) is 8.59. The van der Waals surface area contributed by atoms with Crippen molar-refractivity contribution in [3.8, 4) is 0 Å². The Hall–Kier alpha value is -0.120. The number of rotatable bonds is 8. The van der Waals surface area contributed by atoms with Gasteiger partial charge < -0.3 is 15.0 Å². The van der Waals surface area contributed by atoms with Gasteiger partial charge in [0.15, 0.2) is 0 Å². The fraction of sp³-hybridized carbons (Fsp3) is 1.00. The van der Waals surface area contributed by atoms with Crippen molar-refractivity contribution in [2.75, 3.05) is 33.4 Å². The van der Waals surface area contributed by atoms with Crippen LogP contribution in [0.4, 0.5) is 0 Å². The summed E-state index contributed by atoms with van der Waals surface area (Å²) in [6, 6.07) is 1.38. The molecule has 0 aliphatic carbocycles. The summed E-state index contributed by atoms with van der Waals surface area (Å²) in [7, 11) is 2.25. The topological polar surface area (TPSA) is 24.5 Å². The lowest BCUT2D eigenvalue weighted by Crippen LogP contribution is -2.41. The first-order valence-corrected chi connectivity index (χ1v) is 7.61. The molecule has 18 heavy (non-hydrogen) atoms. The van der Waals surface area contributed by atoms with Gasteiger partial charge in [-0.25, -0.2) is 0 Å². The fourth-order valence-corrected chi connectivity index (χ4v) is 2.48. The van der Waals surface area contributed by atoms with Crippen molar-refractivity contribution in [1.29, 1.82) is 0 Å². The minimum Gasteiger partial charge on any atom is -0.381 e. The molecule has 3 nitrogen and oxygen atoms in total. The molecule has 1 unspecified atom stereocenters. The summed E-state index contributed by atoms with van der Waals surface area (Å²) in [5, 5.41) is 3.64. The molecule has 0 radical (unpaired) electrons. The van der Waals surface area contributed by atoms with Gasteiger partial charge in [-0.2, -0.15) is 0 Å². The van der Waals surface area contributed by atoms with Crippen LogP contribution in [0, 0.1) is 5.92 Å². The number of likely N-dealkylation sites (N-methyl/N-ethyl adjacent to an activating group) is 1. The van der Waals surface area contributed by atoms with Crippen molar-refractivity contribution < 1.29 is 4.74 Å².